The summed E-state index contributed by atoms with van der Waals surface area (Å²) in [5.41, 5.74) is 6.21. The quantitative estimate of drug-likeness (QED) is 0.306. The molecular formula is C35H55Y. The van der Waals surface area contributed by atoms with E-state index < -0.39 is 0 Å². The molecule has 0 N–H and O–H groups in total. The van der Waals surface area contributed by atoms with Crippen LogP contribution in [0, 0.1) is 39.0 Å². The molecule has 2 aromatic carbocycles. The van der Waals surface area contributed by atoms with E-state index in [-0.39, 0.29) is 47.6 Å². The molecule has 0 heterocycles. The first-order valence-electron chi connectivity index (χ1n) is 13.7. The van der Waals surface area contributed by atoms with E-state index in [1.807, 2.05) is 27.7 Å². The van der Waals surface area contributed by atoms with Crippen LogP contribution in [0.1, 0.15) is 105 Å². The fourth-order valence-electron chi connectivity index (χ4n) is 5.15. The Morgan fingerprint density at radius 1 is 0.778 bits per heavy atom. The standard InChI is InChI=1S/C29H37.2C2H6.2CH3.Y/c1-5-22-6-8-26(17-22)24-10-12-25(13-11-24)28-15-14-27-18-23(7-9-29(27)19-28)16-21(4)20(2)3;2*1-2;;;/h5-9,14-15,18-21,24-25H,10-13,16-17H2,1-4H3;2*1-2H3;2*1H3;/q-1;;;2*-1;+3. The number of fused-ring (bicyclic) bond motifs is 1. The third-order valence-corrected chi connectivity index (χ3v) is 7.64. The molecule has 1 fully saturated rings. The van der Waals surface area contributed by atoms with Crippen molar-refractivity contribution in [1.82, 2.24) is 0 Å². The molecular weight excluding hydrogens is 509 g/mol. The SMILES string of the molecule is CC.CC.C[CH-]C1=CC=C(C2CCC(c3ccc4cc(CC(C)C(C)C)ccc4c3)CC2)C1.[CH3-].[CH3-].[Y+3]. The molecule has 4 rings (SSSR count). The molecule has 0 spiro atoms. The van der Waals surface area contributed by atoms with Gasteiger partial charge in [-0.25, -0.2) is 18.1 Å². The Morgan fingerprint density at radius 3 is 1.89 bits per heavy atom. The normalized spacial score (nSPS) is 19.0. The molecule has 2 aliphatic carbocycles. The largest absolute Gasteiger partial charge is 3.00 e. The van der Waals surface area contributed by atoms with Gasteiger partial charge in [0, 0.05) is 0 Å². The van der Waals surface area contributed by atoms with Crippen LogP contribution >= 0.6 is 0 Å². The molecule has 1 atom stereocenters. The van der Waals surface area contributed by atoms with E-state index in [1.165, 1.54) is 60.4 Å². The molecule has 2 aliphatic rings. The fraction of sp³-hybridized carbons (Fsp3) is 0.514. The second-order valence-corrected chi connectivity index (χ2v) is 9.86. The molecule has 0 amide bonds. The predicted octanol–water partition coefficient (Wildman–Crippen LogP) is 11.4. The number of hydrogen-bond donors (Lipinski definition) is 0. The van der Waals surface area contributed by atoms with Crippen molar-refractivity contribution in [2.75, 3.05) is 0 Å². The smallest absolute Gasteiger partial charge is 0.358 e. The topological polar surface area (TPSA) is 0 Å². The van der Waals surface area contributed by atoms with Gasteiger partial charge in [0.05, 0.1) is 0 Å². The van der Waals surface area contributed by atoms with Crippen LogP contribution in [0.5, 0.6) is 0 Å². The van der Waals surface area contributed by atoms with Crippen molar-refractivity contribution in [3.8, 4) is 0 Å². The van der Waals surface area contributed by atoms with Crippen LogP contribution in [0.4, 0.5) is 0 Å². The van der Waals surface area contributed by atoms with Gasteiger partial charge in [-0.05, 0) is 84.1 Å². The summed E-state index contributed by atoms with van der Waals surface area (Å²) < 4.78 is 0. The molecule has 2 aromatic rings. The molecule has 0 saturated heterocycles. The van der Waals surface area contributed by atoms with Gasteiger partial charge in [0.2, 0.25) is 0 Å². The third-order valence-electron chi connectivity index (χ3n) is 7.64. The molecule has 198 valence electrons. The van der Waals surface area contributed by atoms with Crippen molar-refractivity contribution < 1.29 is 32.7 Å². The van der Waals surface area contributed by atoms with Gasteiger partial charge < -0.3 is 14.9 Å². The summed E-state index contributed by atoms with van der Waals surface area (Å²) in [7, 11) is 0. The van der Waals surface area contributed by atoms with Gasteiger partial charge in [-0.1, -0.05) is 90.4 Å². The Morgan fingerprint density at radius 2 is 1.33 bits per heavy atom. The summed E-state index contributed by atoms with van der Waals surface area (Å²) in [6.07, 6.45) is 14.7. The van der Waals surface area contributed by atoms with Gasteiger partial charge in [0.25, 0.3) is 0 Å². The van der Waals surface area contributed by atoms with Gasteiger partial charge >= 0.3 is 32.7 Å². The second kappa shape index (κ2) is 19.3. The van der Waals surface area contributed by atoms with Gasteiger partial charge in [-0.15, -0.1) is 13.0 Å². The molecule has 0 radical (unpaired) electrons. The predicted molar refractivity (Wildman–Crippen MR) is 163 cm³/mol. The van der Waals surface area contributed by atoms with Crippen molar-refractivity contribution in [3.05, 3.63) is 92.1 Å². The Hall–Kier alpha value is -0.846. The maximum atomic E-state index is 2.47. The summed E-state index contributed by atoms with van der Waals surface area (Å²) >= 11 is 0. The van der Waals surface area contributed by atoms with Crippen molar-refractivity contribution in [2.24, 2.45) is 17.8 Å². The Balaban J connectivity index is 0. The van der Waals surface area contributed by atoms with Crippen LogP contribution in [0.25, 0.3) is 10.8 Å². The van der Waals surface area contributed by atoms with E-state index in [0.29, 0.717) is 0 Å². The fourth-order valence-corrected chi connectivity index (χ4v) is 5.15. The first-order valence-corrected chi connectivity index (χ1v) is 13.7. The molecule has 36 heavy (non-hydrogen) atoms. The average molecular weight is 565 g/mol. The van der Waals surface area contributed by atoms with Crippen LogP contribution in [-0.4, -0.2) is 0 Å². The molecule has 0 bridgehead atoms. The molecule has 1 unspecified atom stereocenters. The van der Waals surface area contributed by atoms with Crippen molar-refractivity contribution in [3.63, 3.8) is 0 Å². The second-order valence-electron chi connectivity index (χ2n) is 9.86. The minimum atomic E-state index is 0. The number of benzene rings is 2. The molecule has 0 nitrogen and oxygen atoms in total. The summed E-state index contributed by atoms with van der Waals surface area (Å²) in [6, 6.07) is 14.4. The molecule has 0 aromatic heterocycles. The summed E-state index contributed by atoms with van der Waals surface area (Å²) in [4.78, 5) is 0. The van der Waals surface area contributed by atoms with E-state index in [2.05, 4.69) is 82.7 Å². The van der Waals surface area contributed by atoms with Gasteiger partial charge in [-0.3, -0.25) is 0 Å². The van der Waals surface area contributed by atoms with E-state index in [1.54, 1.807) is 11.1 Å². The first kappa shape index (κ1) is 37.3. The van der Waals surface area contributed by atoms with Crippen LogP contribution in [0.15, 0.2) is 59.7 Å². The van der Waals surface area contributed by atoms with Crippen molar-refractivity contribution in [2.45, 2.75) is 99.8 Å². The van der Waals surface area contributed by atoms with Gasteiger partial charge in [-0.2, -0.15) is 0 Å². The molecule has 0 aliphatic heterocycles. The molecule has 1 saturated carbocycles. The summed E-state index contributed by atoms with van der Waals surface area (Å²) in [5, 5.41) is 2.82. The zero-order valence-corrected chi connectivity index (χ0v) is 28.2. The van der Waals surface area contributed by atoms with E-state index in [0.717, 1.165) is 23.7 Å². The first-order chi connectivity index (χ1) is 16.0. The maximum Gasteiger partial charge on any atom is 3.00 e. The van der Waals surface area contributed by atoms with Crippen LogP contribution in [-0.2, 0) is 39.1 Å². The van der Waals surface area contributed by atoms with Gasteiger partial charge in [0.1, 0.15) is 0 Å². The monoisotopic (exact) mass is 564 g/mol. The van der Waals surface area contributed by atoms with Crippen LogP contribution in [0.3, 0.4) is 0 Å². The number of hydrogen-bond acceptors (Lipinski definition) is 0. The Kier molecular flexibility index (Phi) is 20.0. The summed E-state index contributed by atoms with van der Waals surface area (Å²) in [5.74, 6) is 3.03. The molecule has 1 heteroatoms. The van der Waals surface area contributed by atoms with E-state index in [4.69, 9.17) is 0 Å². The van der Waals surface area contributed by atoms with Crippen molar-refractivity contribution in [1.29, 1.82) is 0 Å². The van der Waals surface area contributed by atoms with E-state index >= 15 is 0 Å². The van der Waals surface area contributed by atoms with Crippen molar-refractivity contribution >= 4 is 10.8 Å². The van der Waals surface area contributed by atoms with Crippen LogP contribution in [0.2, 0.25) is 0 Å². The maximum absolute atomic E-state index is 2.47. The Labute approximate surface area is 251 Å². The number of rotatable bonds is 6. The number of allylic oxidation sites excluding steroid dienone is 4. The minimum Gasteiger partial charge on any atom is -0.358 e. The summed E-state index contributed by atoms with van der Waals surface area (Å²) in [6.45, 7) is 17.2. The van der Waals surface area contributed by atoms with Gasteiger partial charge in [0.15, 0.2) is 0 Å². The minimum absolute atomic E-state index is 0. The zero-order chi connectivity index (χ0) is 24.4. The van der Waals surface area contributed by atoms with Crippen LogP contribution < -0.4 is 0 Å². The zero-order valence-electron chi connectivity index (χ0n) is 25.3. The van der Waals surface area contributed by atoms with E-state index in [9.17, 15) is 0 Å². The third kappa shape index (κ3) is 10.1. The Bertz CT molecular complexity index is 909. The average Bonchev–Trinajstić information content (AvgIpc) is 3.36.